The molecule has 15 heavy (non-hydrogen) atoms. The lowest BCUT2D eigenvalue weighted by atomic mass is 10.0. The number of hydrogen-bond acceptors (Lipinski definition) is 1. The molecule has 1 rings (SSSR count). The Morgan fingerprint density at radius 2 is 1.60 bits per heavy atom. The van der Waals surface area contributed by atoms with E-state index in [0.29, 0.717) is 0 Å². The van der Waals surface area contributed by atoms with Gasteiger partial charge in [0.1, 0.15) is 0 Å². The van der Waals surface area contributed by atoms with E-state index in [1.54, 1.807) is 0 Å². The molecular formula is C14H25N. The minimum absolute atomic E-state index is 0. The predicted molar refractivity (Wildman–Crippen MR) is 68.5 cm³/mol. The molecule has 0 spiro atoms. The van der Waals surface area contributed by atoms with Crippen molar-refractivity contribution in [3.05, 3.63) is 35.9 Å². The zero-order chi connectivity index (χ0) is 10.2. The number of aryl methyl sites for hydroxylation is 1. The molecule has 0 aliphatic heterocycles. The maximum atomic E-state index is 2.30. The van der Waals surface area contributed by atoms with Crippen molar-refractivity contribution in [1.82, 2.24) is 6.15 Å². The van der Waals surface area contributed by atoms with Gasteiger partial charge in [-0.05, 0) is 24.3 Å². The highest BCUT2D eigenvalue weighted by molar-refractivity contribution is 5.14. The Morgan fingerprint density at radius 3 is 2.20 bits per heavy atom. The number of benzene rings is 1. The van der Waals surface area contributed by atoms with E-state index in [1.165, 1.54) is 37.7 Å². The van der Waals surface area contributed by atoms with Crippen LogP contribution >= 0.6 is 0 Å². The Morgan fingerprint density at radius 1 is 0.933 bits per heavy atom. The van der Waals surface area contributed by atoms with Gasteiger partial charge in [-0.25, -0.2) is 0 Å². The van der Waals surface area contributed by atoms with Gasteiger partial charge in [-0.2, -0.15) is 0 Å². The smallest absolute Gasteiger partial charge is 0.0279 e. The van der Waals surface area contributed by atoms with Crippen LogP contribution in [0, 0.1) is 5.92 Å². The molecule has 1 aromatic carbocycles. The third-order valence-corrected chi connectivity index (χ3v) is 2.59. The summed E-state index contributed by atoms with van der Waals surface area (Å²) < 4.78 is 0. The van der Waals surface area contributed by atoms with Gasteiger partial charge in [-0.1, -0.05) is 63.4 Å². The second-order valence-corrected chi connectivity index (χ2v) is 4.48. The first kappa shape index (κ1) is 14.2. The number of unbranched alkanes of at least 4 members (excludes halogenated alkanes) is 2. The standard InChI is InChI=1S/C14H22.H3N/c1-13(2)9-5-3-6-10-14-11-7-4-8-12-14;/h4,7-8,11-13H,3,5-6,9-10H2,1-2H3;1H3. The molecule has 0 atom stereocenters. The van der Waals surface area contributed by atoms with E-state index >= 15 is 0 Å². The second-order valence-electron chi connectivity index (χ2n) is 4.48. The van der Waals surface area contributed by atoms with Crippen LogP contribution in [0.25, 0.3) is 0 Å². The molecule has 0 unspecified atom stereocenters. The molecular weight excluding hydrogens is 182 g/mol. The van der Waals surface area contributed by atoms with Crippen LogP contribution in [-0.4, -0.2) is 0 Å². The fraction of sp³-hybridized carbons (Fsp3) is 0.571. The SMILES string of the molecule is CC(C)CCCCCc1ccccc1.N. The lowest BCUT2D eigenvalue weighted by Crippen LogP contribution is -1.89. The maximum Gasteiger partial charge on any atom is -0.0279 e. The zero-order valence-corrected chi connectivity index (χ0v) is 10.2. The molecule has 0 bridgehead atoms. The summed E-state index contributed by atoms with van der Waals surface area (Å²) in [6.07, 6.45) is 6.75. The summed E-state index contributed by atoms with van der Waals surface area (Å²) in [4.78, 5) is 0. The highest BCUT2D eigenvalue weighted by Gasteiger charge is 1.95. The molecule has 1 heteroatoms. The third-order valence-electron chi connectivity index (χ3n) is 2.59. The van der Waals surface area contributed by atoms with Crippen molar-refractivity contribution >= 4 is 0 Å². The normalized spacial score (nSPS) is 10.1. The van der Waals surface area contributed by atoms with Gasteiger partial charge in [0.15, 0.2) is 0 Å². The molecule has 1 nitrogen and oxygen atoms in total. The summed E-state index contributed by atoms with van der Waals surface area (Å²) in [5.41, 5.74) is 1.48. The Bertz CT molecular complexity index is 228. The first-order valence-electron chi connectivity index (χ1n) is 5.83. The van der Waals surface area contributed by atoms with Crippen LogP contribution < -0.4 is 6.15 Å². The maximum absolute atomic E-state index is 2.30. The monoisotopic (exact) mass is 207 g/mol. The van der Waals surface area contributed by atoms with Gasteiger partial charge in [0.25, 0.3) is 0 Å². The Labute approximate surface area is 94.5 Å². The van der Waals surface area contributed by atoms with Crippen molar-refractivity contribution in [2.75, 3.05) is 0 Å². The van der Waals surface area contributed by atoms with E-state index in [-0.39, 0.29) is 6.15 Å². The lowest BCUT2D eigenvalue weighted by molar-refractivity contribution is 0.527. The van der Waals surface area contributed by atoms with Crippen LogP contribution in [0.3, 0.4) is 0 Å². The van der Waals surface area contributed by atoms with Crippen molar-refractivity contribution in [3.63, 3.8) is 0 Å². The summed E-state index contributed by atoms with van der Waals surface area (Å²) in [5, 5.41) is 0. The van der Waals surface area contributed by atoms with E-state index in [1.807, 2.05) is 0 Å². The van der Waals surface area contributed by atoms with Crippen LogP contribution in [0.4, 0.5) is 0 Å². The highest BCUT2D eigenvalue weighted by atomic mass is 14.0. The average molecular weight is 207 g/mol. The molecule has 0 fully saturated rings. The fourth-order valence-electron chi connectivity index (χ4n) is 1.70. The molecule has 0 saturated carbocycles. The summed E-state index contributed by atoms with van der Waals surface area (Å²) in [7, 11) is 0. The Kier molecular flexibility index (Phi) is 8.02. The van der Waals surface area contributed by atoms with Crippen LogP contribution in [0.5, 0.6) is 0 Å². The van der Waals surface area contributed by atoms with Crippen molar-refractivity contribution in [1.29, 1.82) is 0 Å². The minimum Gasteiger partial charge on any atom is -0.344 e. The molecule has 0 heterocycles. The second kappa shape index (κ2) is 8.49. The quantitative estimate of drug-likeness (QED) is 0.679. The lowest BCUT2D eigenvalue weighted by Gasteiger charge is -2.04. The van der Waals surface area contributed by atoms with Gasteiger partial charge < -0.3 is 6.15 Å². The van der Waals surface area contributed by atoms with E-state index in [0.717, 1.165) is 5.92 Å². The zero-order valence-electron chi connectivity index (χ0n) is 10.2. The summed E-state index contributed by atoms with van der Waals surface area (Å²) in [6, 6.07) is 10.8. The predicted octanol–water partition coefficient (Wildman–Crippen LogP) is 4.61. The molecule has 0 aliphatic rings. The number of rotatable bonds is 6. The molecule has 0 aliphatic carbocycles. The minimum atomic E-state index is 0. The van der Waals surface area contributed by atoms with Crippen LogP contribution in [-0.2, 0) is 6.42 Å². The van der Waals surface area contributed by atoms with Crippen molar-refractivity contribution in [3.8, 4) is 0 Å². The summed E-state index contributed by atoms with van der Waals surface area (Å²) in [6.45, 7) is 4.61. The van der Waals surface area contributed by atoms with Gasteiger partial charge in [-0.3, -0.25) is 0 Å². The molecule has 1 aromatic rings. The van der Waals surface area contributed by atoms with Crippen molar-refractivity contribution < 1.29 is 0 Å². The van der Waals surface area contributed by atoms with Gasteiger partial charge in [0, 0.05) is 0 Å². The van der Waals surface area contributed by atoms with Crippen LogP contribution in [0.2, 0.25) is 0 Å². The van der Waals surface area contributed by atoms with E-state index in [2.05, 4.69) is 44.2 Å². The van der Waals surface area contributed by atoms with Crippen LogP contribution in [0.15, 0.2) is 30.3 Å². The molecule has 0 saturated heterocycles. The molecule has 86 valence electrons. The summed E-state index contributed by atoms with van der Waals surface area (Å²) in [5.74, 6) is 0.867. The van der Waals surface area contributed by atoms with Gasteiger partial charge >= 0.3 is 0 Å². The average Bonchev–Trinajstić information content (AvgIpc) is 2.18. The Balaban J connectivity index is 0.00000196. The molecule has 0 amide bonds. The van der Waals surface area contributed by atoms with Crippen LogP contribution in [0.1, 0.15) is 45.1 Å². The van der Waals surface area contributed by atoms with Gasteiger partial charge in [0.05, 0.1) is 0 Å². The molecule has 3 N–H and O–H groups in total. The van der Waals surface area contributed by atoms with Gasteiger partial charge in [-0.15, -0.1) is 0 Å². The van der Waals surface area contributed by atoms with E-state index in [9.17, 15) is 0 Å². The molecule has 0 radical (unpaired) electrons. The van der Waals surface area contributed by atoms with Crippen molar-refractivity contribution in [2.45, 2.75) is 46.0 Å². The first-order chi connectivity index (χ1) is 6.79. The van der Waals surface area contributed by atoms with Crippen molar-refractivity contribution in [2.24, 2.45) is 5.92 Å². The summed E-state index contributed by atoms with van der Waals surface area (Å²) >= 11 is 0. The Hall–Kier alpha value is -0.820. The van der Waals surface area contributed by atoms with E-state index < -0.39 is 0 Å². The fourth-order valence-corrected chi connectivity index (χ4v) is 1.70. The number of hydrogen-bond donors (Lipinski definition) is 1. The highest BCUT2D eigenvalue weighted by Crippen LogP contribution is 2.10. The topological polar surface area (TPSA) is 35.0 Å². The largest absolute Gasteiger partial charge is 0.344 e. The van der Waals surface area contributed by atoms with Gasteiger partial charge in [0.2, 0.25) is 0 Å². The van der Waals surface area contributed by atoms with E-state index in [4.69, 9.17) is 0 Å². The first-order valence-corrected chi connectivity index (χ1v) is 5.83. The molecule has 0 aromatic heterocycles. The third kappa shape index (κ3) is 7.15.